The molecule has 1 heterocycles. The lowest BCUT2D eigenvalue weighted by Crippen LogP contribution is -2.50. The van der Waals surface area contributed by atoms with Crippen molar-refractivity contribution in [1.29, 1.82) is 0 Å². The highest BCUT2D eigenvalue weighted by atomic mass is 19.4. The lowest BCUT2D eigenvalue weighted by atomic mass is 9.81. The first-order chi connectivity index (χ1) is 11.5. The third-order valence-corrected chi connectivity index (χ3v) is 4.74. The molecule has 0 radical (unpaired) electrons. The van der Waals surface area contributed by atoms with E-state index in [9.17, 15) is 27.9 Å². The van der Waals surface area contributed by atoms with Crippen LogP contribution in [0.2, 0.25) is 0 Å². The highest BCUT2D eigenvalue weighted by molar-refractivity contribution is 5.81. The largest absolute Gasteiger partial charge is 0.481 e. The Kier molecular flexibility index (Phi) is 5.44. The minimum atomic E-state index is -4.42. The van der Waals surface area contributed by atoms with Crippen LogP contribution in [0.1, 0.15) is 37.8 Å². The van der Waals surface area contributed by atoms with E-state index in [0.29, 0.717) is 24.9 Å². The molecule has 25 heavy (non-hydrogen) atoms. The van der Waals surface area contributed by atoms with Crippen molar-refractivity contribution in [3.63, 3.8) is 0 Å². The van der Waals surface area contributed by atoms with Crippen molar-refractivity contribution in [3.8, 4) is 0 Å². The highest BCUT2D eigenvalue weighted by Gasteiger charge is 2.40. The van der Waals surface area contributed by atoms with Gasteiger partial charge < -0.3 is 10.0 Å². The molecular weight excluding hydrogens is 335 g/mol. The maximum absolute atomic E-state index is 12.8. The maximum atomic E-state index is 12.8. The van der Waals surface area contributed by atoms with Gasteiger partial charge in [-0.25, -0.2) is 0 Å². The predicted molar refractivity (Wildman–Crippen MR) is 85.9 cm³/mol. The summed E-state index contributed by atoms with van der Waals surface area (Å²) in [5.41, 5.74) is -1.26. The van der Waals surface area contributed by atoms with Crippen molar-refractivity contribution >= 4 is 11.9 Å². The van der Waals surface area contributed by atoms with Gasteiger partial charge in [0.1, 0.15) is 0 Å². The van der Waals surface area contributed by atoms with Crippen molar-refractivity contribution in [1.82, 2.24) is 4.90 Å². The van der Waals surface area contributed by atoms with Gasteiger partial charge in [-0.05, 0) is 37.8 Å². The third-order valence-electron chi connectivity index (χ3n) is 4.74. The molecule has 0 aliphatic carbocycles. The van der Waals surface area contributed by atoms with E-state index >= 15 is 0 Å². The molecule has 1 aromatic rings. The molecule has 2 unspecified atom stereocenters. The fraction of sp³-hybridized carbons (Fsp3) is 0.556. The van der Waals surface area contributed by atoms with Gasteiger partial charge in [0.15, 0.2) is 0 Å². The van der Waals surface area contributed by atoms with Gasteiger partial charge in [0.05, 0.1) is 11.0 Å². The molecule has 1 saturated heterocycles. The second-order valence-corrected chi connectivity index (χ2v) is 7.03. The summed E-state index contributed by atoms with van der Waals surface area (Å²) in [6.45, 7) is 3.89. The second kappa shape index (κ2) is 7.06. The molecule has 1 aromatic carbocycles. The van der Waals surface area contributed by atoms with E-state index in [1.165, 1.54) is 11.0 Å². The van der Waals surface area contributed by atoms with Crippen molar-refractivity contribution in [3.05, 3.63) is 35.4 Å². The smallest absolute Gasteiger partial charge is 0.416 e. The summed E-state index contributed by atoms with van der Waals surface area (Å²) in [5.74, 6) is -1.67. The Morgan fingerprint density at radius 2 is 2.04 bits per heavy atom. The lowest BCUT2D eigenvalue weighted by molar-refractivity contribution is -0.154. The van der Waals surface area contributed by atoms with E-state index in [1.807, 2.05) is 0 Å². The number of halogens is 3. The Bertz CT molecular complexity index is 659. The number of carbonyl (C=O) groups excluding carboxylic acids is 1. The van der Waals surface area contributed by atoms with Gasteiger partial charge in [0.25, 0.3) is 0 Å². The average Bonchev–Trinajstić information content (AvgIpc) is 2.53. The number of hydrogen-bond acceptors (Lipinski definition) is 2. The number of aliphatic carboxylic acids is 1. The molecule has 2 atom stereocenters. The van der Waals surface area contributed by atoms with E-state index in [-0.39, 0.29) is 18.9 Å². The fourth-order valence-corrected chi connectivity index (χ4v) is 3.23. The van der Waals surface area contributed by atoms with Crippen LogP contribution >= 0.6 is 0 Å². The number of carboxylic acids is 1. The number of rotatable bonds is 4. The molecule has 1 aliphatic rings. The number of amides is 1. The number of piperidine rings is 1. The summed E-state index contributed by atoms with van der Waals surface area (Å²) in [5, 5.41) is 9.33. The molecule has 1 fully saturated rings. The second-order valence-electron chi connectivity index (χ2n) is 7.03. The molecule has 1 aliphatic heterocycles. The van der Waals surface area contributed by atoms with Crippen LogP contribution in [0.5, 0.6) is 0 Å². The van der Waals surface area contributed by atoms with Crippen LogP contribution in [-0.2, 0) is 22.2 Å². The summed E-state index contributed by atoms with van der Waals surface area (Å²) in [7, 11) is 0. The van der Waals surface area contributed by atoms with Gasteiger partial charge in [-0.3, -0.25) is 9.59 Å². The molecule has 0 spiro atoms. The molecule has 1 N–H and O–H groups in total. The zero-order chi connectivity index (χ0) is 18.8. The normalized spacial score (nSPS) is 22.5. The van der Waals surface area contributed by atoms with Gasteiger partial charge in [0, 0.05) is 19.0 Å². The molecule has 1 amide bonds. The van der Waals surface area contributed by atoms with Crippen LogP contribution < -0.4 is 0 Å². The predicted octanol–water partition coefficient (Wildman–Crippen LogP) is 3.60. The highest BCUT2D eigenvalue weighted by Crippen LogP contribution is 2.32. The Labute approximate surface area is 144 Å². The molecule has 0 aromatic heterocycles. The topological polar surface area (TPSA) is 57.6 Å². The SMILES string of the molecule is CC(Cc1cccc(C(F)(F)F)c1)C(=O)N1CCCC(C)(C(=O)O)C1. The van der Waals surface area contributed by atoms with Gasteiger partial charge in [-0.15, -0.1) is 0 Å². The first kappa shape index (κ1) is 19.3. The Hall–Kier alpha value is -2.05. The van der Waals surface area contributed by atoms with Crippen LogP contribution in [-0.4, -0.2) is 35.0 Å². The standard InChI is InChI=1S/C18H22F3NO3/c1-12(9-13-5-3-6-14(10-13)18(19,20)21)15(23)22-8-4-7-17(2,11-22)16(24)25/h3,5-6,10,12H,4,7-9,11H2,1-2H3,(H,24,25). The number of alkyl halides is 3. The van der Waals surface area contributed by atoms with Gasteiger partial charge >= 0.3 is 12.1 Å². The summed E-state index contributed by atoms with van der Waals surface area (Å²) < 4.78 is 38.4. The van der Waals surface area contributed by atoms with Crippen molar-refractivity contribution < 1.29 is 27.9 Å². The fourth-order valence-electron chi connectivity index (χ4n) is 3.23. The Morgan fingerprint density at radius 1 is 1.36 bits per heavy atom. The number of likely N-dealkylation sites (tertiary alicyclic amines) is 1. The first-order valence-electron chi connectivity index (χ1n) is 8.21. The van der Waals surface area contributed by atoms with Gasteiger partial charge in [0.2, 0.25) is 5.91 Å². The van der Waals surface area contributed by atoms with Crippen molar-refractivity contribution in [2.45, 2.75) is 39.3 Å². The maximum Gasteiger partial charge on any atom is 0.416 e. The first-order valence-corrected chi connectivity index (χ1v) is 8.21. The summed E-state index contributed by atoms with van der Waals surface area (Å²) >= 11 is 0. The van der Waals surface area contributed by atoms with Crippen LogP contribution in [0.4, 0.5) is 13.2 Å². The quantitative estimate of drug-likeness (QED) is 0.896. The number of benzene rings is 1. The summed E-state index contributed by atoms with van der Waals surface area (Å²) in [6, 6.07) is 4.95. The van der Waals surface area contributed by atoms with Gasteiger partial charge in [-0.1, -0.05) is 25.1 Å². The molecule has 4 nitrogen and oxygen atoms in total. The van der Waals surface area contributed by atoms with Crippen LogP contribution in [0.15, 0.2) is 24.3 Å². The van der Waals surface area contributed by atoms with Crippen LogP contribution in [0.3, 0.4) is 0 Å². The molecule has 0 saturated carbocycles. The lowest BCUT2D eigenvalue weighted by Gasteiger charge is -2.38. The number of carbonyl (C=O) groups is 2. The van der Waals surface area contributed by atoms with E-state index < -0.39 is 29.0 Å². The van der Waals surface area contributed by atoms with Gasteiger partial charge in [-0.2, -0.15) is 13.2 Å². The van der Waals surface area contributed by atoms with Crippen molar-refractivity contribution in [2.75, 3.05) is 13.1 Å². The molecule has 7 heteroatoms. The summed E-state index contributed by atoms with van der Waals surface area (Å²) in [4.78, 5) is 25.5. The van der Waals surface area contributed by atoms with Crippen LogP contribution in [0, 0.1) is 11.3 Å². The number of hydrogen-bond donors (Lipinski definition) is 1. The summed E-state index contributed by atoms with van der Waals surface area (Å²) in [6.07, 6.45) is -3.12. The van der Waals surface area contributed by atoms with E-state index in [2.05, 4.69) is 0 Å². The Balaban J connectivity index is 2.07. The van der Waals surface area contributed by atoms with E-state index in [1.54, 1.807) is 19.9 Å². The molecular formula is C18H22F3NO3. The minimum Gasteiger partial charge on any atom is -0.481 e. The Morgan fingerprint density at radius 3 is 2.64 bits per heavy atom. The van der Waals surface area contributed by atoms with Crippen LogP contribution in [0.25, 0.3) is 0 Å². The molecule has 138 valence electrons. The van der Waals surface area contributed by atoms with Crippen molar-refractivity contribution in [2.24, 2.45) is 11.3 Å². The minimum absolute atomic E-state index is 0.133. The zero-order valence-electron chi connectivity index (χ0n) is 14.3. The molecule has 0 bridgehead atoms. The third kappa shape index (κ3) is 4.52. The van der Waals surface area contributed by atoms with E-state index in [0.717, 1.165) is 12.1 Å². The zero-order valence-corrected chi connectivity index (χ0v) is 14.3. The molecule has 2 rings (SSSR count). The number of nitrogens with zero attached hydrogens (tertiary/aromatic N) is 1. The number of carboxylic acid groups (broad SMARTS) is 1. The monoisotopic (exact) mass is 357 g/mol. The average molecular weight is 357 g/mol. The van der Waals surface area contributed by atoms with E-state index in [4.69, 9.17) is 0 Å².